The first kappa shape index (κ1) is 17.6. The molecule has 3 N–H and O–H groups in total. The molecule has 2 heterocycles. The highest BCUT2D eigenvalue weighted by molar-refractivity contribution is 5.89. The molecule has 2 rings (SSSR count). The number of alkyl halides is 3. The molecular weight excluding hydrogens is 327 g/mol. The molecule has 1 atom stereocenters. The van der Waals surface area contributed by atoms with Crippen molar-refractivity contribution in [2.75, 3.05) is 5.32 Å². The normalized spacial score (nSPS) is 12.7. The minimum Gasteiger partial charge on any atom is -0.469 e. The third-order valence-corrected chi connectivity index (χ3v) is 3.26. The number of pyridine rings is 1. The summed E-state index contributed by atoms with van der Waals surface area (Å²) in [6.45, 7) is 1.74. The minimum atomic E-state index is -4.62. The Morgan fingerprint density at radius 1 is 1.42 bits per heavy atom. The summed E-state index contributed by atoms with van der Waals surface area (Å²) in [6.07, 6.45) is -1.36. The molecule has 130 valence electrons. The van der Waals surface area contributed by atoms with E-state index in [0.29, 0.717) is 25.1 Å². The van der Waals surface area contributed by atoms with Gasteiger partial charge in [0.2, 0.25) is 0 Å². The zero-order chi connectivity index (χ0) is 17.7. The summed E-state index contributed by atoms with van der Waals surface area (Å²) in [6, 6.07) is 3.12. The van der Waals surface area contributed by atoms with E-state index in [2.05, 4.69) is 10.6 Å². The molecule has 2 amide bonds. The highest BCUT2D eigenvalue weighted by Gasteiger charge is 2.31. The number of hydrogen-bond acceptors (Lipinski definition) is 3. The predicted molar refractivity (Wildman–Crippen MR) is 80.7 cm³/mol. The zero-order valence-electron chi connectivity index (χ0n) is 12.7. The summed E-state index contributed by atoms with van der Waals surface area (Å²) in [5, 5.41) is 4.68. The third kappa shape index (κ3) is 4.90. The number of aryl methyl sites for hydroxylation is 1. The number of furan rings is 1. The lowest BCUT2D eigenvalue weighted by Crippen LogP contribution is -2.37. The van der Waals surface area contributed by atoms with Gasteiger partial charge in [-0.3, -0.25) is 4.79 Å². The van der Waals surface area contributed by atoms with Gasteiger partial charge in [0.25, 0.3) is 5.56 Å². The molecule has 0 aliphatic rings. The van der Waals surface area contributed by atoms with Gasteiger partial charge in [-0.2, -0.15) is 13.2 Å². The van der Waals surface area contributed by atoms with E-state index in [1.807, 2.05) is 4.98 Å². The number of hydrogen-bond donors (Lipinski definition) is 3. The van der Waals surface area contributed by atoms with Crippen molar-refractivity contribution in [3.63, 3.8) is 0 Å². The molecule has 6 nitrogen and oxygen atoms in total. The summed E-state index contributed by atoms with van der Waals surface area (Å²) in [5.41, 5.74) is -2.34. The maximum absolute atomic E-state index is 12.6. The molecule has 0 fully saturated rings. The van der Waals surface area contributed by atoms with Crippen LogP contribution in [0.1, 0.15) is 24.7 Å². The van der Waals surface area contributed by atoms with Crippen molar-refractivity contribution in [2.24, 2.45) is 0 Å². The van der Waals surface area contributed by atoms with E-state index in [0.717, 1.165) is 5.76 Å². The first-order valence-electron chi connectivity index (χ1n) is 7.15. The summed E-state index contributed by atoms with van der Waals surface area (Å²) in [7, 11) is 0. The average Bonchev–Trinajstić information content (AvgIpc) is 2.99. The molecule has 0 aromatic carbocycles. The van der Waals surface area contributed by atoms with E-state index in [-0.39, 0.29) is 6.04 Å². The molecule has 0 saturated heterocycles. The molecule has 24 heavy (non-hydrogen) atoms. The highest BCUT2D eigenvalue weighted by Crippen LogP contribution is 2.29. The van der Waals surface area contributed by atoms with Crippen LogP contribution in [0, 0.1) is 0 Å². The maximum atomic E-state index is 12.6. The molecule has 9 heteroatoms. The highest BCUT2D eigenvalue weighted by atomic mass is 19.4. The molecule has 0 aliphatic heterocycles. The van der Waals surface area contributed by atoms with Gasteiger partial charge in [-0.05, 0) is 31.5 Å². The van der Waals surface area contributed by atoms with Gasteiger partial charge >= 0.3 is 12.2 Å². The summed E-state index contributed by atoms with van der Waals surface area (Å²) < 4.78 is 43.0. The van der Waals surface area contributed by atoms with Crippen molar-refractivity contribution in [3.05, 3.63) is 52.3 Å². The van der Waals surface area contributed by atoms with Gasteiger partial charge in [-0.25, -0.2) is 4.79 Å². The molecule has 0 radical (unpaired) electrons. The lowest BCUT2D eigenvalue weighted by atomic mass is 10.1. The Labute approximate surface area is 135 Å². The number of halogens is 3. The minimum absolute atomic E-state index is 0.264. The van der Waals surface area contributed by atoms with Gasteiger partial charge in [0.1, 0.15) is 11.4 Å². The smallest absolute Gasteiger partial charge is 0.417 e. The Hall–Kier alpha value is -2.71. The first-order chi connectivity index (χ1) is 11.3. The number of carbonyl (C=O) groups excluding carboxylic acids is 1. The van der Waals surface area contributed by atoms with Crippen LogP contribution in [0.5, 0.6) is 0 Å². The van der Waals surface area contributed by atoms with Crippen molar-refractivity contribution in [2.45, 2.75) is 32.0 Å². The van der Waals surface area contributed by atoms with E-state index in [1.54, 1.807) is 25.3 Å². The topological polar surface area (TPSA) is 87.1 Å². The second-order valence-corrected chi connectivity index (χ2v) is 5.25. The van der Waals surface area contributed by atoms with Crippen LogP contribution in [0.25, 0.3) is 0 Å². The standard InChI is InChI=1S/C15H16F3N3O3/c1-9(4-5-11-3-2-6-24-11)20-14(23)21-12-7-10(15(16,17)18)8-19-13(12)22/h2-3,6-9H,4-5H2,1H3,(H,19,22)(H2,20,21,23)/t9-/m0/s1. The molecule has 2 aromatic rings. The fraction of sp³-hybridized carbons (Fsp3) is 0.333. The monoisotopic (exact) mass is 343 g/mol. The van der Waals surface area contributed by atoms with E-state index in [1.165, 1.54) is 0 Å². The molecule has 0 aliphatic carbocycles. The molecule has 2 aromatic heterocycles. The molecule has 0 spiro atoms. The molecule has 0 saturated carbocycles. The number of urea groups is 1. The largest absolute Gasteiger partial charge is 0.469 e. The van der Waals surface area contributed by atoms with E-state index in [9.17, 15) is 22.8 Å². The van der Waals surface area contributed by atoms with Crippen molar-refractivity contribution in [3.8, 4) is 0 Å². The number of aromatic nitrogens is 1. The SMILES string of the molecule is C[C@@H](CCc1ccco1)NC(=O)Nc1cc(C(F)(F)F)c[nH]c1=O. The Morgan fingerprint density at radius 2 is 2.17 bits per heavy atom. The summed E-state index contributed by atoms with van der Waals surface area (Å²) in [4.78, 5) is 25.3. The van der Waals surface area contributed by atoms with Crippen molar-refractivity contribution >= 4 is 11.7 Å². The second-order valence-electron chi connectivity index (χ2n) is 5.25. The van der Waals surface area contributed by atoms with Crippen LogP contribution in [0.4, 0.5) is 23.7 Å². The molecular formula is C15H16F3N3O3. The van der Waals surface area contributed by atoms with Gasteiger partial charge in [0.15, 0.2) is 0 Å². The lowest BCUT2D eigenvalue weighted by Gasteiger charge is -2.14. The quantitative estimate of drug-likeness (QED) is 0.779. The molecule has 0 bridgehead atoms. The average molecular weight is 343 g/mol. The van der Waals surface area contributed by atoms with Crippen LogP contribution in [0.2, 0.25) is 0 Å². The van der Waals surface area contributed by atoms with Crippen LogP contribution in [-0.4, -0.2) is 17.1 Å². The van der Waals surface area contributed by atoms with Gasteiger partial charge in [0, 0.05) is 18.7 Å². The number of aromatic amines is 1. The number of rotatable bonds is 5. The second kappa shape index (κ2) is 7.24. The predicted octanol–water partition coefficient (Wildman–Crippen LogP) is 3.13. The summed E-state index contributed by atoms with van der Waals surface area (Å²) in [5.74, 6) is 0.762. The van der Waals surface area contributed by atoms with Crippen molar-refractivity contribution < 1.29 is 22.4 Å². The first-order valence-corrected chi connectivity index (χ1v) is 7.15. The van der Waals surface area contributed by atoms with E-state index >= 15 is 0 Å². The van der Waals surface area contributed by atoms with Gasteiger partial charge in [0.05, 0.1) is 11.8 Å². The molecule has 0 unspecified atom stereocenters. The lowest BCUT2D eigenvalue weighted by molar-refractivity contribution is -0.137. The number of anilines is 1. The van der Waals surface area contributed by atoms with Gasteiger partial charge in [-0.1, -0.05) is 0 Å². The third-order valence-electron chi connectivity index (χ3n) is 3.26. The van der Waals surface area contributed by atoms with Gasteiger partial charge in [-0.15, -0.1) is 0 Å². The van der Waals surface area contributed by atoms with Crippen LogP contribution in [0.3, 0.4) is 0 Å². The number of H-pyrrole nitrogens is 1. The van der Waals surface area contributed by atoms with Gasteiger partial charge < -0.3 is 20.0 Å². The Balaban J connectivity index is 1.93. The van der Waals surface area contributed by atoms with E-state index in [4.69, 9.17) is 4.42 Å². The van der Waals surface area contributed by atoms with Crippen LogP contribution < -0.4 is 16.2 Å². The van der Waals surface area contributed by atoms with Crippen LogP contribution in [0.15, 0.2) is 39.9 Å². The van der Waals surface area contributed by atoms with Crippen LogP contribution in [-0.2, 0) is 12.6 Å². The fourth-order valence-electron chi connectivity index (χ4n) is 2.01. The fourth-order valence-corrected chi connectivity index (χ4v) is 2.01. The Bertz CT molecular complexity index is 738. The number of nitrogens with one attached hydrogen (secondary N) is 3. The van der Waals surface area contributed by atoms with Crippen molar-refractivity contribution in [1.82, 2.24) is 10.3 Å². The zero-order valence-corrected chi connectivity index (χ0v) is 12.7. The Kier molecular flexibility index (Phi) is 5.32. The van der Waals surface area contributed by atoms with Crippen molar-refractivity contribution in [1.29, 1.82) is 0 Å². The summed E-state index contributed by atoms with van der Waals surface area (Å²) >= 11 is 0. The van der Waals surface area contributed by atoms with E-state index < -0.39 is 29.0 Å². The number of carbonyl (C=O) groups is 1. The number of amides is 2. The Morgan fingerprint density at radius 3 is 2.79 bits per heavy atom. The maximum Gasteiger partial charge on any atom is 0.417 e. The van der Waals surface area contributed by atoms with Crippen LogP contribution >= 0.6 is 0 Å².